The molecule has 1 aromatic heterocycles. The summed E-state index contributed by atoms with van der Waals surface area (Å²) in [6.07, 6.45) is 4.04. The van der Waals surface area contributed by atoms with E-state index in [9.17, 15) is 0 Å². The molecule has 0 aliphatic heterocycles. The van der Waals surface area contributed by atoms with E-state index < -0.39 is 6.10 Å². The fraction of sp³-hybridized carbons (Fsp3) is 0.500. The number of nitrogens with zero attached hydrogens (tertiary/aromatic N) is 1. The van der Waals surface area contributed by atoms with Crippen molar-refractivity contribution in [3.05, 3.63) is 30.1 Å². The van der Waals surface area contributed by atoms with Gasteiger partial charge in [-0.25, -0.2) is 0 Å². The number of aliphatic hydroxyl groups is 1. The van der Waals surface area contributed by atoms with Crippen LogP contribution in [0.25, 0.3) is 0 Å². The van der Waals surface area contributed by atoms with Gasteiger partial charge in [-0.05, 0) is 31.5 Å². The molecule has 0 fully saturated rings. The first-order valence-electron chi connectivity index (χ1n) is 4.50. The fourth-order valence-electron chi connectivity index (χ4n) is 0.623. The highest BCUT2D eigenvalue weighted by molar-refractivity contribution is 5.10. The van der Waals surface area contributed by atoms with Crippen molar-refractivity contribution in [3.8, 4) is 0 Å². The molecule has 74 valence electrons. The topological polar surface area (TPSA) is 59.1 Å². The first-order valence-corrected chi connectivity index (χ1v) is 4.50. The predicted molar refractivity (Wildman–Crippen MR) is 54.2 cm³/mol. The van der Waals surface area contributed by atoms with E-state index in [4.69, 9.17) is 10.8 Å². The van der Waals surface area contributed by atoms with Crippen molar-refractivity contribution in [1.82, 2.24) is 4.98 Å². The van der Waals surface area contributed by atoms with E-state index in [0.717, 1.165) is 18.5 Å². The van der Waals surface area contributed by atoms with Crippen LogP contribution in [-0.2, 0) is 0 Å². The van der Waals surface area contributed by atoms with Crippen LogP contribution in [0.5, 0.6) is 0 Å². The third-order valence-corrected chi connectivity index (χ3v) is 1.46. The van der Waals surface area contributed by atoms with Crippen molar-refractivity contribution in [2.45, 2.75) is 26.4 Å². The molecule has 0 spiro atoms. The molecule has 1 aromatic rings. The molecule has 1 rings (SSSR count). The van der Waals surface area contributed by atoms with Crippen LogP contribution in [0.4, 0.5) is 0 Å². The van der Waals surface area contributed by atoms with Crippen LogP contribution >= 0.6 is 0 Å². The zero-order valence-corrected chi connectivity index (χ0v) is 8.27. The minimum atomic E-state index is -0.404. The minimum absolute atomic E-state index is 0.404. The normalized spacial score (nSPS) is 11.4. The van der Waals surface area contributed by atoms with E-state index in [1.165, 1.54) is 0 Å². The second kappa shape index (κ2) is 7.71. The van der Waals surface area contributed by atoms with E-state index >= 15 is 0 Å². The number of rotatable bonds is 2. The highest BCUT2D eigenvalue weighted by Crippen LogP contribution is 2.07. The predicted octanol–water partition coefficient (Wildman–Crippen LogP) is 1.49. The molecule has 3 heteroatoms. The van der Waals surface area contributed by atoms with Gasteiger partial charge >= 0.3 is 0 Å². The third kappa shape index (κ3) is 6.25. The molecular weight excluding hydrogens is 164 g/mol. The molecule has 0 saturated carbocycles. The monoisotopic (exact) mass is 182 g/mol. The third-order valence-electron chi connectivity index (χ3n) is 1.46. The van der Waals surface area contributed by atoms with E-state index in [2.05, 4.69) is 11.9 Å². The Bertz CT molecular complexity index is 197. The lowest BCUT2D eigenvalue weighted by Crippen LogP contribution is -1.93. The van der Waals surface area contributed by atoms with Crippen molar-refractivity contribution >= 4 is 0 Å². The van der Waals surface area contributed by atoms with Crippen LogP contribution in [0.3, 0.4) is 0 Å². The molecule has 3 N–H and O–H groups in total. The lowest BCUT2D eigenvalue weighted by atomic mass is 10.2. The van der Waals surface area contributed by atoms with E-state index in [1.54, 1.807) is 19.3 Å². The first-order chi connectivity index (χ1) is 6.22. The van der Waals surface area contributed by atoms with Gasteiger partial charge in [-0.3, -0.25) is 4.98 Å². The smallest absolute Gasteiger partial charge is 0.0776 e. The molecule has 13 heavy (non-hydrogen) atoms. The molecule has 1 heterocycles. The van der Waals surface area contributed by atoms with Crippen molar-refractivity contribution in [1.29, 1.82) is 0 Å². The van der Waals surface area contributed by atoms with E-state index in [-0.39, 0.29) is 0 Å². The van der Waals surface area contributed by atoms with Crippen LogP contribution in [0, 0.1) is 0 Å². The lowest BCUT2D eigenvalue weighted by Gasteiger charge is -2.00. The van der Waals surface area contributed by atoms with Gasteiger partial charge < -0.3 is 10.8 Å². The highest BCUT2D eigenvalue weighted by Gasteiger charge is 1.96. The Hall–Kier alpha value is -0.930. The fourth-order valence-corrected chi connectivity index (χ4v) is 0.623. The second-order valence-electron chi connectivity index (χ2n) is 2.75. The maximum atomic E-state index is 8.98. The number of aromatic nitrogens is 1. The summed E-state index contributed by atoms with van der Waals surface area (Å²) in [6, 6.07) is 3.65. The zero-order chi connectivity index (χ0) is 10.1. The average molecular weight is 182 g/mol. The summed E-state index contributed by atoms with van der Waals surface area (Å²) < 4.78 is 0. The Morgan fingerprint density at radius 1 is 1.62 bits per heavy atom. The molecule has 3 nitrogen and oxygen atoms in total. The maximum absolute atomic E-state index is 8.98. The molecule has 0 bridgehead atoms. The Morgan fingerprint density at radius 3 is 2.46 bits per heavy atom. The Morgan fingerprint density at radius 2 is 2.23 bits per heavy atom. The number of hydrogen-bond donors (Lipinski definition) is 2. The van der Waals surface area contributed by atoms with Crippen LogP contribution in [0.15, 0.2) is 24.5 Å². The SMILES string of the molecule is CC(O)c1cccnc1.CCCN. The van der Waals surface area contributed by atoms with Gasteiger partial charge in [0.1, 0.15) is 0 Å². The summed E-state index contributed by atoms with van der Waals surface area (Å²) in [5.41, 5.74) is 5.89. The lowest BCUT2D eigenvalue weighted by molar-refractivity contribution is 0.199. The van der Waals surface area contributed by atoms with Crippen LogP contribution < -0.4 is 5.73 Å². The van der Waals surface area contributed by atoms with Gasteiger partial charge in [0.2, 0.25) is 0 Å². The van der Waals surface area contributed by atoms with E-state index in [0.29, 0.717) is 0 Å². The van der Waals surface area contributed by atoms with Gasteiger partial charge in [-0.2, -0.15) is 0 Å². The number of pyridine rings is 1. The highest BCUT2D eigenvalue weighted by atomic mass is 16.3. The molecule has 0 aromatic carbocycles. The van der Waals surface area contributed by atoms with Crippen molar-refractivity contribution in [2.75, 3.05) is 6.54 Å². The van der Waals surface area contributed by atoms with Gasteiger partial charge in [0.05, 0.1) is 6.10 Å². The van der Waals surface area contributed by atoms with Crippen LogP contribution in [0.2, 0.25) is 0 Å². The molecule has 0 saturated heterocycles. The average Bonchev–Trinajstić information content (AvgIpc) is 2.19. The van der Waals surface area contributed by atoms with Crippen molar-refractivity contribution in [2.24, 2.45) is 5.73 Å². The molecule has 0 amide bonds. The summed E-state index contributed by atoms with van der Waals surface area (Å²) in [4.78, 5) is 3.85. The van der Waals surface area contributed by atoms with Crippen LogP contribution in [0.1, 0.15) is 31.9 Å². The van der Waals surface area contributed by atoms with Crippen LogP contribution in [-0.4, -0.2) is 16.6 Å². The number of hydrogen-bond acceptors (Lipinski definition) is 3. The molecule has 0 radical (unpaired) electrons. The summed E-state index contributed by atoms with van der Waals surface area (Å²) in [6.45, 7) is 4.59. The Balaban J connectivity index is 0.000000310. The zero-order valence-electron chi connectivity index (χ0n) is 8.27. The molecule has 0 aliphatic carbocycles. The molecule has 1 unspecified atom stereocenters. The van der Waals surface area contributed by atoms with Gasteiger partial charge in [-0.1, -0.05) is 13.0 Å². The Kier molecular flexibility index (Phi) is 7.15. The summed E-state index contributed by atoms with van der Waals surface area (Å²) in [7, 11) is 0. The molecule has 0 aliphatic rings. The number of nitrogens with two attached hydrogens (primary N) is 1. The Labute approximate surface area is 79.6 Å². The number of aliphatic hydroxyl groups excluding tert-OH is 1. The van der Waals surface area contributed by atoms with E-state index in [1.807, 2.05) is 12.1 Å². The second-order valence-corrected chi connectivity index (χ2v) is 2.75. The summed E-state index contributed by atoms with van der Waals surface area (Å²) in [5, 5.41) is 8.98. The van der Waals surface area contributed by atoms with Crippen molar-refractivity contribution in [3.63, 3.8) is 0 Å². The van der Waals surface area contributed by atoms with Crippen molar-refractivity contribution < 1.29 is 5.11 Å². The summed E-state index contributed by atoms with van der Waals surface area (Å²) >= 11 is 0. The molecule has 1 atom stereocenters. The summed E-state index contributed by atoms with van der Waals surface area (Å²) in [5.74, 6) is 0. The van der Waals surface area contributed by atoms with Gasteiger partial charge in [0.25, 0.3) is 0 Å². The first kappa shape index (κ1) is 12.1. The largest absolute Gasteiger partial charge is 0.389 e. The maximum Gasteiger partial charge on any atom is 0.0776 e. The van der Waals surface area contributed by atoms with Gasteiger partial charge in [0, 0.05) is 12.4 Å². The molecular formula is C10H18N2O. The van der Waals surface area contributed by atoms with Gasteiger partial charge in [-0.15, -0.1) is 0 Å². The van der Waals surface area contributed by atoms with Gasteiger partial charge in [0.15, 0.2) is 0 Å². The standard InChI is InChI=1S/C7H9NO.C3H9N/c1-6(9)7-3-2-4-8-5-7;1-2-3-4/h2-6,9H,1H3;2-4H2,1H3. The minimum Gasteiger partial charge on any atom is -0.389 e. The quantitative estimate of drug-likeness (QED) is 0.728.